The Hall–Kier alpha value is -1.25. The van der Waals surface area contributed by atoms with Gasteiger partial charge in [-0.3, -0.25) is 0 Å². The minimum Gasteiger partial charge on any atom is -0.327 e. The van der Waals surface area contributed by atoms with Crippen LogP contribution in [0.2, 0.25) is 0 Å². The molecule has 0 saturated carbocycles. The number of fused-ring (bicyclic) bond motifs is 1. The van der Waals surface area contributed by atoms with Crippen molar-refractivity contribution in [2.45, 2.75) is 42.5 Å². The van der Waals surface area contributed by atoms with Crippen LogP contribution in [0.3, 0.4) is 0 Å². The molecule has 2 heteroatoms. The summed E-state index contributed by atoms with van der Waals surface area (Å²) in [6, 6.07) is 19.7. The molecule has 0 heterocycles. The molecule has 2 aromatic carbocycles. The van der Waals surface area contributed by atoms with Gasteiger partial charge in [-0.25, -0.2) is 0 Å². The van der Waals surface area contributed by atoms with Gasteiger partial charge in [0.2, 0.25) is 0 Å². The highest BCUT2D eigenvalue weighted by Gasteiger charge is 2.21. The van der Waals surface area contributed by atoms with Crippen LogP contribution in [0.15, 0.2) is 59.5 Å². The first-order valence-electron chi connectivity index (χ1n) is 7.84. The largest absolute Gasteiger partial charge is 0.327 e. The summed E-state index contributed by atoms with van der Waals surface area (Å²) in [4.78, 5) is 1.32. The maximum absolute atomic E-state index is 6.39. The minimum atomic E-state index is 0.270. The van der Waals surface area contributed by atoms with E-state index >= 15 is 0 Å². The number of rotatable bonds is 5. The molecule has 2 unspecified atom stereocenters. The van der Waals surface area contributed by atoms with Gasteiger partial charge in [0.25, 0.3) is 0 Å². The monoisotopic (exact) mass is 297 g/mol. The molecule has 3 rings (SSSR count). The summed E-state index contributed by atoms with van der Waals surface area (Å²) in [5, 5.41) is 0. The summed E-state index contributed by atoms with van der Waals surface area (Å²) in [7, 11) is 0. The third-order valence-corrected chi connectivity index (χ3v) is 5.49. The molecular formula is C19H23NS. The maximum atomic E-state index is 6.39. The van der Waals surface area contributed by atoms with Crippen LogP contribution in [0.25, 0.3) is 0 Å². The molecule has 0 fully saturated rings. The van der Waals surface area contributed by atoms with Crippen molar-refractivity contribution in [2.24, 2.45) is 5.73 Å². The lowest BCUT2D eigenvalue weighted by Crippen LogP contribution is -2.27. The van der Waals surface area contributed by atoms with Crippen LogP contribution in [0.1, 0.15) is 36.3 Å². The Bertz CT molecular complexity index is 567. The molecule has 1 aliphatic rings. The van der Waals surface area contributed by atoms with Crippen molar-refractivity contribution in [3.63, 3.8) is 0 Å². The Morgan fingerprint density at radius 2 is 1.81 bits per heavy atom. The third-order valence-electron chi connectivity index (χ3n) is 4.29. The number of hydrogen-bond donors (Lipinski definition) is 1. The highest BCUT2D eigenvalue weighted by molar-refractivity contribution is 7.99. The van der Waals surface area contributed by atoms with Crippen molar-refractivity contribution in [3.05, 3.63) is 65.7 Å². The lowest BCUT2D eigenvalue weighted by atomic mass is 9.80. The molecule has 0 aromatic heterocycles. The first-order chi connectivity index (χ1) is 10.3. The van der Waals surface area contributed by atoms with E-state index in [-0.39, 0.29) is 6.04 Å². The average molecular weight is 297 g/mol. The van der Waals surface area contributed by atoms with E-state index in [0.717, 1.165) is 12.2 Å². The smallest absolute Gasteiger partial charge is 0.0139 e. The SMILES string of the molecule is NC(CSc1ccccc1)CC1CCCc2ccccc21. The van der Waals surface area contributed by atoms with Gasteiger partial charge in [0.15, 0.2) is 0 Å². The first-order valence-corrected chi connectivity index (χ1v) is 8.82. The number of nitrogens with two attached hydrogens (primary N) is 1. The third kappa shape index (κ3) is 3.90. The number of hydrogen-bond acceptors (Lipinski definition) is 2. The lowest BCUT2D eigenvalue weighted by molar-refractivity contribution is 0.486. The van der Waals surface area contributed by atoms with Crippen molar-refractivity contribution >= 4 is 11.8 Å². The van der Waals surface area contributed by atoms with Gasteiger partial charge in [-0.05, 0) is 54.9 Å². The molecule has 21 heavy (non-hydrogen) atoms. The maximum Gasteiger partial charge on any atom is 0.0139 e. The molecule has 0 spiro atoms. The fraction of sp³-hybridized carbons (Fsp3) is 0.368. The Labute approximate surface area is 132 Å². The van der Waals surface area contributed by atoms with Crippen LogP contribution in [-0.4, -0.2) is 11.8 Å². The van der Waals surface area contributed by atoms with Crippen LogP contribution in [0, 0.1) is 0 Å². The molecule has 0 amide bonds. The second-order valence-corrected chi connectivity index (χ2v) is 7.00. The van der Waals surface area contributed by atoms with Crippen molar-refractivity contribution in [3.8, 4) is 0 Å². The number of aryl methyl sites for hydroxylation is 1. The van der Waals surface area contributed by atoms with Crippen LogP contribution in [0.5, 0.6) is 0 Å². The van der Waals surface area contributed by atoms with Crippen LogP contribution >= 0.6 is 11.8 Å². The molecule has 2 atom stereocenters. The Morgan fingerprint density at radius 3 is 2.67 bits per heavy atom. The Morgan fingerprint density at radius 1 is 1.05 bits per heavy atom. The van der Waals surface area contributed by atoms with Gasteiger partial charge >= 0.3 is 0 Å². The van der Waals surface area contributed by atoms with Crippen LogP contribution in [0.4, 0.5) is 0 Å². The topological polar surface area (TPSA) is 26.0 Å². The van der Waals surface area contributed by atoms with Gasteiger partial charge in [0.1, 0.15) is 0 Å². The summed E-state index contributed by atoms with van der Waals surface area (Å²) in [6.07, 6.45) is 4.94. The fourth-order valence-corrected chi connectivity index (χ4v) is 4.15. The van der Waals surface area contributed by atoms with E-state index in [1.165, 1.54) is 29.7 Å². The second kappa shape index (κ2) is 7.15. The zero-order chi connectivity index (χ0) is 14.5. The Kier molecular flexibility index (Phi) is 5.00. The van der Waals surface area contributed by atoms with E-state index in [9.17, 15) is 0 Å². The fourth-order valence-electron chi connectivity index (χ4n) is 3.25. The normalized spacial score (nSPS) is 19.0. The van der Waals surface area contributed by atoms with Crippen molar-refractivity contribution in [1.82, 2.24) is 0 Å². The van der Waals surface area contributed by atoms with Gasteiger partial charge in [-0.2, -0.15) is 0 Å². The second-order valence-electron chi connectivity index (χ2n) is 5.91. The summed E-state index contributed by atoms with van der Waals surface area (Å²) in [5.74, 6) is 1.66. The summed E-state index contributed by atoms with van der Waals surface area (Å²) >= 11 is 1.87. The highest BCUT2D eigenvalue weighted by Crippen LogP contribution is 2.35. The summed E-state index contributed by atoms with van der Waals surface area (Å²) < 4.78 is 0. The van der Waals surface area contributed by atoms with Crippen molar-refractivity contribution < 1.29 is 0 Å². The van der Waals surface area contributed by atoms with E-state index in [1.54, 1.807) is 5.56 Å². The standard InChI is InChI=1S/C19H23NS/c20-17(14-21-18-10-2-1-3-11-18)13-16-9-6-8-15-7-4-5-12-19(15)16/h1-5,7,10-12,16-17H,6,8-9,13-14,20H2. The van der Waals surface area contributed by atoms with Gasteiger partial charge in [0, 0.05) is 16.7 Å². The zero-order valence-corrected chi connectivity index (χ0v) is 13.2. The average Bonchev–Trinajstić information content (AvgIpc) is 2.54. The minimum absolute atomic E-state index is 0.270. The predicted octanol–water partition coefficient (Wildman–Crippen LogP) is 4.62. The summed E-state index contributed by atoms with van der Waals surface area (Å²) in [6.45, 7) is 0. The molecule has 110 valence electrons. The molecule has 0 saturated heterocycles. The van der Waals surface area contributed by atoms with Gasteiger partial charge in [-0.1, -0.05) is 42.5 Å². The summed E-state index contributed by atoms with van der Waals surface area (Å²) in [5.41, 5.74) is 9.47. The molecule has 2 N–H and O–H groups in total. The molecule has 1 nitrogen and oxygen atoms in total. The predicted molar refractivity (Wildman–Crippen MR) is 91.9 cm³/mol. The van der Waals surface area contributed by atoms with E-state index in [2.05, 4.69) is 54.6 Å². The van der Waals surface area contributed by atoms with Crippen molar-refractivity contribution in [2.75, 3.05) is 5.75 Å². The van der Waals surface area contributed by atoms with Gasteiger partial charge in [-0.15, -0.1) is 11.8 Å². The zero-order valence-electron chi connectivity index (χ0n) is 12.4. The van der Waals surface area contributed by atoms with Gasteiger partial charge in [0.05, 0.1) is 0 Å². The number of thioether (sulfide) groups is 1. The molecule has 2 aromatic rings. The van der Waals surface area contributed by atoms with E-state index in [1.807, 2.05) is 11.8 Å². The van der Waals surface area contributed by atoms with Gasteiger partial charge < -0.3 is 5.73 Å². The van der Waals surface area contributed by atoms with Crippen LogP contribution < -0.4 is 5.73 Å². The van der Waals surface area contributed by atoms with Crippen LogP contribution in [-0.2, 0) is 6.42 Å². The highest BCUT2D eigenvalue weighted by atomic mass is 32.2. The molecule has 0 aliphatic heterocycles. The molecule has 1 aliphatic carbocycles. The lowest BCUT2D eigenvalue weighted by Gasteiger charge is -2.27. The van der Waals surface area contributed by atoms with Crippen molar-refractivity contribution in [1.29, 1.82) is 0 Å². The van der Waals surface area contributed by atoms with E-state index in [0.29, 0.717) is 5.92 Å². The quantitative estimate of drug-likeness (QED) is 0.815. The molecular weight excluding hydrogens is 274 g/mol. The van der Waals surface area contributed by atoms with E-state index < -0.39 is 0 Å². The number of benzene rings is 2. The molecule has 0 radical (unpaired) electrons. The Balaban J connectivity index is 1.57. The van der Waals surface area contributed by atoms with E-state index in [4.69, 9.17) is 5.73 Å². The first kappa shape index (κ1) is 14.7. The molecule has 0 bridgehead atoms.